The third-order valence-corrected chi connectivity index (χ3v) is 5.78. The fraction of sp³-hybridized carbons (Fsp3) is 0.250. The predicted molar refractivity (Wildman–Crippen MR) is 121 cm³/mol. The van der Waals surface area contributed by atoms with Crippen LogP contribution in [0.1, 0.15) is 36.4 Å². The van der Waals surface area contributed by atoms with E-state index in [0.717, 1.165) is 26.8 Å². The number of aromatic nitrogens is 3. The zero-order valence-electron chi connectivity index (χ0n) is 17.1. The molecule has 0 fully saturated rings. The van der Waals surface area contributed by atoms with E-state index in [1.165, 1.54) is 0 Å². The summed E-state index contributed by atoms with van der Waals surface area (Å²) in [5, 5.41) is 14.2. The van der Waals surface area contributed by atoms with Gasteiger partial charge in [-0.1, -0.05) is 62.4 Å². The van der Waals surface area contributed by atoms with E-state index in [2.05, 4.69) is 40.8 Å². The lowest BCUT2D eigenvalue weighted by Gasteiger charge is -2.15. The topological polar surface area (TPSA) is 64.8 Å². The zero-order valence-corrected chi connectivity index (χ0v) is 18.6. The Kier molecular flexibility index (Phi) is 6.04. The number of nitrogens with one attached hydrogen (secondary N) is 1. The first-order valence-corrected chi connectivity index (χ1v) is 10.8. The fourth-order valence-corrected chi connectivity index (χ4v) is 3.97. The van der Waals surface area contributed by atoms with Gasteiger partial charge in [-0.2, -0.15) is 4.73 Å². The maximum absolute atomic E-state index is 13.1. The first kappa shape index (κ1) is 20.4. The highest BCUT2D eigenvalue weighted by Gasteiger charge is 2.25. The van der Waals surface area contributed by atoms with Crippen molar-refractivity contribution in [2.75, 3.05) is 0 Å². The van der Waals surface area contributed by atoms with E-state index in [0.29, 0.717) is 47.2 Å². The first-order valence-electron chi connectivity index (χ1n) is 10.1. The Morgan fingerprint density at radius 2 is 1.83 bits per heavy atom. The molecule has 0 saturated heterocycles. The second kappa shape index (κ2) is 8.88. The number of hydrogen-bond donors (Lipinski definition) is 1. The van der Waals surface area contributed by atoms with Gasteiger partial charge in [0, 0.05) is 45.9 Å². The number of halogens is 1. The minimum atomic E-state index is 0.303. The second-order valence-electron chi connectivity index (χ2n) is 7.80. The third kappa shape index (κ3) is 4.33. The van der Waals surface area contributed by atoms with Crippen LogP contribution in [0.15, 0.2) is 65.4 Å². The number of hydrogen-bond acceptors (Lipinski definition) is 3. The average Bonchev–Trinajstić information content (AvgIpc) is 3.16. The lowest BCUT2D eigenvalue weighted by atomic mass is 10.1. The molecule has 0 unspecified atom stereocenters. The Balaban J connectivity index is 1.70. The summed E-state index contributed by atoms with van der Waals surface area (Å²) in [6, 6.07) is 18.0. The number of para-hydroxylation sites is 1. The van der Waals surface area contributed by atoms with Crippen LogP contribution in [-0.4, -0.2) is 9.97 Å². The van der Waals surface area contributed by atoms with Gasteiger partial charge in [-0.15, -0.1) is 0 Å². The lowest BCUT2D eigenvalue weighted by Crippen LogP contribution is -2.37. The maximum atomic E-state index is 13.1. The highest BCUT2D eigenvalue weighted by Crippen LogP contribution is 2.26. The maximum Gasteiger partial charge on any atom is 0.285 e. The third-order valence-electron chi connectivity index (χ3n) is 5.00. The van der Waals surface area contributed by atoms with E-state index in [-0.39, 0.29) is 0 Å². The Labute approximate surface area is 184 Å². The molecule has 154 valence electrons. The summed E-state index contributed by atoms with van der Waals surface area (Å²) >= 11 is 3.48. The van der Waals surface area contributed by atoms with Crippen LogP contribution in [0.3, 0.4) is 0 Å². The largest absolute Gasteiger partial charge is 0.618 e. The van der Waals surface area contributed by atoms with Crippen LogP contribution in [-0.2, 0) is 19.4 Å². The van der Waals surface area contributed by atoms with Crippen molar-refractivity contribution in [3.63, 3.8) is 0 Å². The Morgan fingerprint density at radius 1 is 1.10 bits per heavy atom. The molecule has 0 radical (unpaired) electrons. The van der Waals surface area contributed by atoms with E-state index in [1.807, 2.05) is 54.7 Å². The Hall–Kier alpha value is -2.86. The van der Waals surface area contributed by atoms with Crippen LogP contribution in [0.5, 0.6) is 5.88 Å². The molecular formula is C24H24BrN3O2. The highest BCUT2D eigenvalue weighted by atomic mass is 79.9. The van der Waals surface area contributed by atoms with Crippen LogP contribution in [0, 0.1) is 11.1 Å². The number of aromatic amines is 1. The van der Waals surface area contributed by atoms with Crippen molar-refractivity contribution in [3.05, 3.63) is 93.1 Å². The summed E-state index contributed by atoms with van der Waals surface area (Å²) in [5.74, 6) is 0.707. The van der Waals surface area contributed by atoms with Crippen molar-refractivity contribution in [2.24, 2.45) is 5.92 Å². The van der Waals surface area contributed by atoms with Gasteiger partial charge in [0.2, 0.25) is 0 Å². The van der Waals surface area contributed by atoms with Gasteiger partial charge < -0.3 is 14.9 Å². The molecule has 2 aromatic heterocycles. The van der Waals surface area contributed by atoms with E-state index in [4.69, 9.17) is 9.72 Å². The number of nitrogens with zero attached hydrogens (tertiary/aromatic N) is 2. The zero-order chi connectivity index (χ0) is 21.1. The van der Waals surface area contributed by atoms with E-state index in [9.17, 15) is 5.21 Å². The summed E-state index contributed by atoms with van der Waals surface area (Å²) in [5.41, 5.74) is 4.40. The molecule has 5 nitrogen and oxygen atoms in total. The minimum Gasteiger partial charge on any atom is -0.618 e. The highest BCUT2D eigenvalue weighted by molar-refractivity contribution is 9.10. The minimum absolute atomic E-state index is 0.303. The summed E-state index contributed by atoms with van der Waals surface area (Å²) in [4.78, 5) is 8.06. The summed E-state index contributed by atoms with van der Waals surface area (Å²) < 4.78 is 7.42. The Morgan fingerprint density at radius 3 is 2.60 bits per heavy atom. The molecule has 4 aromatic rings. The molecule has 30 heavy (non-hydrogen) atoms. The van der Waals surface area contributed by atoms with Gasteiger partial charge in [0.05, 0.1) is 0 Å². The van der Waals surface area contributed by atoms with Crippen LogP contribution in [0.4, 0.5) is 0 Å². The molecular weight excluding hydrogens is 442 g/mol. The normalized spacial score (nSPS) is 11.3. The molecule has 0 aliphatic heterocycles. The van der Waals surface area contributed by atoms with Gasteiger partial charge in [0.25, 0.3) is 16.2 Å². The monoisotopic (exact) mass is 465 g/mol. The van der Waals surface area contributed by atoms with Gasteiger partial charge in [-0.05, 0) is 23.1 Å². The molecule has 0 aliphatic rings. The first-order chi connectivity index (χ1) is 14.5. The number of H-pyrrole nitrogens is 1. The summed E-state index contributed by atoms with van der Waals surface area (Å²) in [6.45, 7) is 4.52. The van der Waals surface area contributed by atoms with Crippen molar-refractivity contribution in [2.45, 2.75) is 33.3 Å². The molecule has 0 saturated carbocycles. The molecule has 2 heterocycles. The van der Waals surface area contributed by atoms with Crippen LogP contribution >= 0.6 is 15.9 Å². The average molecular weight is 466 g/mol. The van der Waals surface area contributed by atoms with Crippen molar-refractivity contribution in [1.82, 2.24) is 9.97 Å². The van der Waals surface area contributed by atoms with Crippen molar-refractivity contribution >= 4 is 26.8 Å². The smallest absolute Gasteiger partial charge is 0.285 e. The van der Waals surface area contributed by atoms with Gasteiger partial charge in [0.1, 0.15) is 12.3 Å². The molecule has 0 bridgehead atoms. The quantitative estimate of drug-likeness (QED) is 0.296. The molecule has 4 rings (SSSR count). The predicted octanol–water partition coefficient (Wildman–Crippen LogP) is 5.33. The lowest BCUT2D eigenvalue weighted by molar-refractivity contribution is -0.627. The number of ether oxygens (including phenoxy) is 1. The van der Waals surface area contributed by atoms with E-state index < -0.39 is 0 Å². The number of rotatable bonds is 7. The van der Waals surface area contributed by atoms with Crippen molar-refractivity contribution in [1.29, 1.82) is 0 Å². The van der Waals surface area contributed by atoms with E-state index >= 15 is 0 Å². The molecule has 0 spiro atoms. The fourth-order valence-electron chi connectivity index (χ4n) is 3.52. The van der Waals surface area contributed by atoms with Crippen molar-refractivity contribution in [3.8, 4) is 5.88 Å². The molecule has 6 heteroatoms. The number of fused-ring (bicyclic) bond motifs is 1. The standard InChI is InChI=1S/C24H24BrN3O2/c1-16(2)12-22-24(30-15-17-8-4-3-5-9-17)27-21(23(25)28(22)29)13-18-14-26-20-11-7-6-10-19(18)20/h3-11,14,16,26H,12-13,15H2,1-2H3. The summed E-state index contributed by atoms with van der Waals surface area (Å²) in [7, 11) is 0. The molecule has 0 aliphatic carbocycles. The van der Waals surface area contributed by atoms with E-state index in [1.54, 1.807) is 0 Å². The van der Waals surface area contributed by atoms with Gasteiger partial charge in [0.15, 0.2) is 0 Å². The molecule has 0 atom stereocenters. The van der Waals surface area contributed by atoms with Gasteiger partial charge >= 0.3 is 0 Å². The van der Waals surface area contributed by atoms with Crippen molar-refractivity contribution < 1.29 is 9.47 Å². The van der Waals surface area contributed by atoms with Gasteiger partial charge in [-0.25, -0.2) is 4.98 Å². The van der Waals surface area contributed by atoms with Crippen LogP contribution in [0.25, 0.3) is 10.9 Å². The molecule has 1 N–H and O–H groups in total. The van der Waals surface area contributed by atoms with Crippen LogP contribution in [0.2, 0.25) is 0 Å². The molecule has 2 aromatic carbocycles. The molecule has 0 amide bonds. The SMILES string of the molecule is CC(C)Cc1c(OCc2ccccc2)nc(Cc2c[nH]c3ccccc23)c(Br)[n+]1[O-]. The Bertz CT molecular complexity index is 1160. The second-order valence-corrected chi connectivity index (χ2v) is 8.56. The van der Waals surface area contributed by atoms with Crippen LogP contribution < -0.4 is 9.47 Å². The number of benzene rings is 2. The van der Waals surface area contributed by atoms with Gasteiger partial charge in [-0.3, -0.25) is 0 Å². The summed E-state index contributed by atoms with van der Waals surface area (Å²) in [6.07, 6.45) is 3.09.